The van der Waals surface area contributed by atoms with Crippen molar-refractivity contribution in [3.8, 4) is 0 Å². The van der Waals surface area contributed by atoms with Crippen molar-refractivity contribution >= 4 is 31.4 Å². The molecule has 0 aromatic heterocycles. The molecule has 0 amide bonds. The fraction of sp³-hybridized carbons (Fsp3) is 0.250. The van der Waals surface area contributed by atoms with Gasteiger partial charge in [-0.15, -0.1) is 0 Å². The van der Waals surface area contributed by atoms with Crippen LogP contribution in [0.2, 0.25) is 0 Å². The van der Waals surface area contributed by atoms with Crippen molar-refractivity contribution in [3.63, 3.8) is 0 Å². The second-order valence-corrected chi connectivity index (χ2v) is 6.14. The van der Waals surface area contributed by atoms with Crippen LogP contribution in [-0.2, 0) is 25.6 Å². The summed E-state index contributed by atoms with van der Waals surface area (Å²) in [6, 6.07) is 1.07. The van der Waals surface area contributed by atoms with Crippen LogP contribution >= 0.6 is 21.2 Å². The van der Waals surface area contributed by atoms with Gasteiger partial charge in [0.2, 0.25) is 0 Å². The number of hydrogen-bond acceptors (Lipinski definition) is 3. The van der Waals surface area contributed by atoms with Crippen LogP contribution in [0.25, 0.3) is 0 Å². The first kappa shape index (κ1) is 20.2. The van der Waals surface area contributed by atoms with E-state index in [1.165, 1.54) is 0 Å². The highest BCUT2D eigenvalue weighted by Crippen LogP contribution is 2.38. The first-order valence-corrected chi connectivity index (χ1v) is 8.09. The van der Waals surface area contributed by atoms with Crippen LogP contribution < -0.4 is 10.3 Å². The third-order valence-electron chi connectivity index (χ3n) is 1.68. The lowest BCUT2D eigenvalue weighted by Crippen LogP contribution is -2.21. The maximum atomic E-state index is 12.3. The molecule has 122 valence electrons. The Bertz CT molecular complexity index is 605. The number of nitrogens with two attached hydrogens (primary N) is 2. The van der Waals surface area contributed by atoms with E-state index in [9.17, 15) is 37.8 Å². The fourth-order valence-corrected chi connectivity index (χ4v) is 2.01. The van der Waals surface area contributed by atoms with Crippen LogP contribution in [0, 0.1) is 3.57 Å². The van der Waals surface area contributed by atoms with Crippen molar-refractivity contribution in [2.45, 2.75) is 12.4 Å². The van der Waals surface area contributed by atoms with Gasteiger partial charge in [-0.2, -0.15) is 34.8 Å². The third kappa shape index (κ3) is 8.27. The molecule has 0 saturated heterocycles. The maximum Gasteiger partial charge on any atom is 0.417 e. The normalized spacial score (nSPS) is 12.6. The predicted octanol–water partition coefficient (Wildman–Crippen LogP) is 2.36. The van der Waals surface area contributed by atoms with E-state index >= 15 is 0 Å². The van der Waals surface area contributed by atoms with Gasteiger partial charge in [0.05, 0.1) is 14.7 Å². The van der Waals surface area contributed by atoms with Crippen molar-refractivity contribution in [2.24, 2.45) is 10.3 Å². The van der Waals surface area contributed by atoms with Crippen LogP contribution in [0.4, 0.5) is 26.3 Å². The number of alkyl halides is 6. The SMILES string of the molecule is NS(N)(=O)=O.O=Ic1ccc(C(F)(F)F)cc1C(F)(F)F. The molecule has 0 bridgehead atoms. The molecule has 0 fully saturated rings. The van der Waals surface area contributed by atoms with Crippen molar-refractivity contribution in [3.05, 3.63) is 32.9 Å². The van der Waals surface area contributed by atoms with Gasteiger partial charge in [0.25, 0.3) is 10.2 Å². The number of rotatable bonds is 1. The van der Waals surface area contributed by atoms with E-state index in [0.717, 1.165) is 0 Å². The summed E-state index contributed by atoms with van der Waals surface area (Å²) in [4.78, 5) is 0. The van der Waals surface area contributed by atoms with Crippen LogP contribution in [0.15, 0.2) is 18.2 Å². The maximum absolute atomic E-state index is 12.3. The summed E-state index contributed by atoms with van der Waals surface area (Å²) in [7, 11) is -3.67. The monoisotopic (exact) mass is 452 g/mol. The van der Waals surface area contributed by atoms with Gasteiger partial charge in [0.1, 0.15) is 0 Å². The van der Waals surface area contributed by atoms with Crippen molar-refractivity contribution in [2.75, 3.05) is 0 Å². The first-order chi connectivity index (χ1) is 9.16. The van der Waals surface area contributed by atoms with Gasteiger partial charge in [-0.1, -0.05) is 0 Å². The third-order valence-corrected chi connectivity index (χ3v) is 3.10. The molecule has 0 spiro atoms. The van der Waals surface area contributed by atoms with Crippen LogP contribution in [0.3, 0.4) is 0 Å². The highest BCUT2D eigenvalue weighted by atomic mass is 127. The van der Waals surface area contributed by atoms with Crippen molar-refractivity contribution < 1.29 is 37.8 Å². The summed E-state index contributed by atoms with van der Waals surface area (Å²) in [5.41, 5.74) is -2.88. The smallest absolute Gasteiger partial charge is 0.265 e. The molecule has 4 N–H and O–H groups in total. The summed E-state index contributed by atoms with van der Waals surface area (Å²) in [5.74, 6) is 0. The van der Waals surface area contributed by atoms with Crippen molar-refractivity contribution in [1.82, 2.24) is 0 Å². The largest absolute Gasteiger partial charge is 0.417 e. The minimum Gasteiger partial charge on any atom is -0.265 e. The summed E-state index contributed by atoms with van der Waals surface area (Å²) < 4.78 is 102. The highest BCUT2D eigenvalue weighted by Gasteiger charge is 2.38. The lowest BCUT2D eigenvalue weighted by molar-refractivity contribution is -0.143. The van der Waals surface area contributed by atoms with E-state index in [-0.39, 0.29) is 6.07 Å². The summed E-state index contributed by atoms with van der Waals surface area (Å²) in [6.07, 6.45) is -9.78. The average Bonchev–Trinajstić information content (AvgIpc) is 2.23. The Balaban J connectivity index is 0.000000690. The van der Waals surface area contributed by atoms with E-state index in [0.29, 0.717) is 12.1 Å². The number of halogens is 7. The molecule has 0 saturated carbocycles. The van der Waals surface area contributed by atoms with Crippen LogP contribution in [-0.4, -0.2) is 8.42 Å². The van der Waals surface area contributed by atoms with Gasteiger partial charge in [-0.3, -0.25) is 3.07 Å². The standard InChI is InChI=1S/C8H3F6IO.H4N2O2S/c9-7(10,11)4-1-2-6(15-16)5(3-4)8(12,13)14;1-5(2,3)4/h1-3H;(H4,1,2,3,4). The lowest BCUT2D eigenvalue weighted by atomic mass is 10.1. The molecule has 0 heterocycles. The lowest BCUT2D eigenvalue weighted by Gasteiger charge is -2.12. The van der Waals surface area contributed by atoms with Gasteiger partial charge in [-0.05, 0) is 18.2 Å². The van der Waals surface area contributed by atoms with E-state index in [1.807, 2.05) is 0 Å². The predicted molar refractivity (Wildman–Crippen MR) is 67.1 cm³/mol. The van der Waals surface area contributed by atoms with E-state index in [1.54, 1.807) is 0 Å². The summed E-state index contributed by atoms with van der Waals surface area (Å²) in [5, 5.41) is 8.21. The number of benzene rings is 1. The van der Waals surface area contributed by atoms with Gasteiger partial charge in [0, 0.05) is 0 Å². The first-order valence-electron chi connectivity index (χ1n) is 4.52. The second kappa shape index (κ2) is 6.97. The minimum absolute atomic E-state index is 0.0209. The molecule has 5 nitrogen and oxygen atoms in total. The van der Waals surface area contributed by atoms with E-state index in [2.05, 4.69) is 10.3 Å². The van der Waals surface area contributed by atoms with Gasteiger partial charge in [0.15, 0.2) is 21.2 Å². The van der Waals surface area contributed by atoms with Crippen molar-refractivity contribution in [1.29, 1.82) is 0 Å². The fourth-order valence-electron chi connectivity index (χ4n) is 0.986. The molecule has 21 heavy (non-hydrogen) atoms. The average molecular weight is 452 g/mol. The quantitative estimate of drug-likeness (QED) is 0.505. The molecular weight excluding hydrogens is 445 g/mol. The highest BCUT2D eigenvalue weighted by molar-refractivity contribution is 14.1. The van der Waals surface area contributed by atoms with Gasteiger partial charge < -0.3 is 0 Å². The molecule has 0 radical (unpaired) electrons. The molecule has 1 rings (SSSR count). The second-order valence-electron chi connectivity index (χ2n) is 3.36. The molecule has 0 unspecified atom stereocenters. The zero-order chi connectivity index (χ0) is 17.1. The Hall–Kier alpha value is -0.800. The zero-order valence-corrected chi connectivity index (χ0v) is 12.6. The summed E-state index contributed by atoms with van der Waals surface area (Å²) in [6.45, 7) is 0. The van der Waals surface area contributed by atoms with Crippen LogP contribution in [0.5, 0.6) is 0 Å². The molecule has 1 aromatic carbocycles. The van der Waals surface area contributed by atoms with Crippen LogP contribution in [0.1, 0.15) is 11.1 Å². The Morgan fingerprint density at radius 1 is 0.952 bits per heavy atom. The molecule has 0 aliphatic heterocycles. The minimum atomic E-state index is -4.93. The Morgan fingerprint density at radius 2 is 1.38 bits per heavy atom. The molecule has 1 aromatic rings. The number of hydrogen-bond donors (Lipinski definition) is 2. The van der Waals surface area contributed by atoms with E-state index < -0.39 is 58.5 Å². The molecule has 0 atom stereocenters. The Labute approximate surface area is 125 Å². The zero-order valence-electron chi connectivity index (χ0n) is 9.67. The topological polar surface area (TPSA) is 103 Å². The molecule has 0 aliphatic carbocycles. The van der Waals surface area contributed by atoms with Gasteiger partial charge >= 0.3 is 12.4 Å². The Morgan fingerprint density at radius 3 is 1.67 bits per heavy atom. The molecule has 13 heteroatoms. The molecule has 0 aliphatic rings. The van der Waals surface area contributed by atoms with E-state index in [4.69, 9.17) is 0 Å². The Kier molecular flexibility index (Phi) is 6.71. The molecular formula is C8H7F6IN2O3S. The van der Waals surface area contributed by atoms with Gasteiger partial charge in [-0.25, -0.2) is 10.3 Å². The summed E-state index contributed by atoms with van der Waals surface area (Å²) >= 11 is -2.17.